The van der Waals surface area contributed by atoms with Gasteiger partial charge in [0.05, 0.1) is 5.56 Å². The highest BCUT2D eigenvalue weighted by molar-refractivity contribution is 5.94. The molecule has 1 aliphatic heterocycles. The van der Waals surface area contributed by atoms with Crippen molar-refractivity contribution in [2.24, 2.45) is 0 Å². The van der Waals surface area contributed by atoms with Crippen molar-refractivity contribution in [2.75, 3.05) is 19.6 Å². The summed E-state index contributed by atoms with van der Waals surface area (Å²) < 4.78 is 0. The molecule has 2 heterocycles. The van der Waals surface area contributed by atoms with E-state index in [0.29, 0.717) is 19.6 Å². The summed E-state index contributed by atoms with van der Waals surface area (Å²) in [6, 6.07) is 2.33. The van der Waals surface area contributed by atoms with Gasteiger partial charge in [0.25, 0.3) is 11.5 Å². The average Bonchev–Trinajstić information content (AvgIpc) is 2.52. The van der Waals surface area contributed by atoms with Crippen LogP contribution in [0.2, 0.25) is 0 Å². The fourth-order valence-corrected chi connectivity index (χ4v) is 1.80. The van der Waals surface area contributed by atoms with Crippen molar-refractivity contribution < 1.29 is 14.7 Å². The van der Waals surface area contributed by atoms with Crippen LogP contribution >= 0.6 is 0 Å². The van der Waals surface area contributed by atoms with Gasteiger partial charge in [-0.15, -0.1) is 0 Å². The van der Waals surface area contributed by atoms with Crippen LogP contribution < -0.4 is 10.9 Å². The lowest BCUT2D eigenvalue weighted by Gasteiger charge is -2.19. The lowest BCUT2D eigenvalue weighted by atomic mass is 10.2. The Morgan fingerprint density at radius 3 is 2.78 bits per heavy atom. The van der Waals surface area contributed by atoms with Crippen LogP contribution in [0.25, 0.3) is 0 Å². The van der Waals surface area contributed by atoms with Gasteiger partial charge in [0.15, 0.2) is 5.88 Å². The fourth-order valence-electron chi connectivity index (χ4n) is 1.80. The molecular formula is C11H13N3O4. The zero-order chi connectivity index (χ0) is 13.1. The molecule has 0 bridgehead atoms. The van der Waals surface area contributed by atoms with Gasteiger partial charge in [0.2, 0.25) is 5.91 Å². The number of amides is 2. The summed E-state index contributed by atoms with van der Waals surface area (Å²) in [7, 11) is 0. The van der Waals surface area contributed by atoms with E-state index in [2.05, 4.69) is 10.3 Å². The van der Waals surface area contributed by atoms with E-state index in [1.54, 1.807) is 0 Å². The van der Waals surface area contributed by atoms with Crippen LogP contribution in [0.1, 0.15) is 16.8 Å². The topological polar surface area (TPSA) is 102 Å². The number of nitrogens with zero attached hydrogens (tertiary/aromatic N) is 1. The van der Waals surface area contributed by atoms with Crippen molar-refractivity contribution in [3.63, 3.8) is 0 Å². The van der Waals surface area contributed by atoms with Gasteiger partial charge in [-0.25, -0.2) is 0 Å². The summed E-state index contributed by atoms with van der Waals surface area (Å²) in [4.78, 5) is 38.0. The first-order valence-electron chi connectivity index (χ1n) is 5.55. The molecule has 0 aromatic carbocycles. The van der Waals surface area contributed by atoms with Crippen LogP contribution in [-0.2, 0) is 4.79 Å². The molecular weight excluding hydrogens is 238 g/mol. The second kappa shape index (κ2) is 4.91. The van der Waals surface area contributed by atoms with Crippen molar-refractivity contribution in [1.82, 2.24) is 15.2 Å². The number of pyridine rings is 1. The zero-order valence-corrected chi connectivity index (χ0v) is 9.60. The highest BCUT2D eigenvalue weighted by Gasteiger charge is 2.20. The fraction of sp³-hybridized carbons (Fsp3) is 0.364. The van der Waals surface area contributed by atoms with Crippen molar-refractivity contribution in [3.05, 3.63) is 28.0 Å². The van der Waals surface area contributed by atoms with E-state index < -0.39 is 5.56 Å². The first-order valence-corrected chi connectivity index (χ1v) is 5.55. The Morgan fingerprint density at radius 2 is 2.06 bits per heavy atom. The number of H-pyrrole nitrogens is 1. The monoisotopic (exact) mass is 251 g/mol. The van der Waals surface area contributed by atoms with Gasteiger partial charge in [0, 0.05) is 38.2 Å². The Kier molecular flexibility index (Phi) is 3.31. The van der Waals surface area contributed by atoms with Gasteiger partial charge in [-0.1, -0.05) is 0 Å². The minimum atomic E-state index is -0.539. The molecule has 7 nitrogen and oxygen atoms in total. The summed E-state index contributed by atoms with van der Waals surface area (Å²) in [5, 5.41) is 11.9. The molecule has 0 aliphatic carbocycles. The van der Waals surface area contributed by atoms with E-state index in [1.807, 2.05) is 0 Å². The number of aromatic hydroxyl groups is 1. The predicted molar refractivity (Wildman–Crippen MR) is 62.3 cm³/mol. The van der Waals surface area contributed by atoms with Crippen LogP contribution in [0.4, 0.5) is 0 Å². The molecule has 0 saturated carbocycles. The molecule has 2 rings (SSSR count). The molecule has 96 valence electrons. The van der Waals surface area contributed by atoms with Crippen molar-refractivity contribution in [2.45, 2.75) is 6.42 Å². The molecule has 7 heteroatoms. The summed E-state index contributed by atoms with van der Waals surface area (Å²) in [6.07, 6.45) is 0.237. The van der Waals surface area contributed by atoms with Gasteiger partial charge >= 0.3 is 0 Å². The normalized spacial score (nSPS) is 16.0. The van der Waals surface area contributed by atoms with Gasteiger partial charge < -0.3 is 15.3 Å². The summed E-state index contributed by atoms with van der Waals surface area (Å²) in [5.41, 5.74) is -0.423. The van der Waals surface area contributed by atoms with E-state index in [9.17, 15) is 19.5 Å². The van der Waals surface area contributed by atoms with E-state index in [-0.39, 0.29) is 29.7 Å². The van der Waals surface area contributed by atoms with Gasteiger partial charge in [-0.3, -0.25) is 19.4 Å². The van der Waals surface area contributed by atoms with Crippen LogP contribution in [0.5, 0.6) is 5.88 Å². The molecule has 18 heavy (non-hydrogen) atoms. The molecule has 2 amide bonds. The number of rotatable bonds is 1. The van der Waals surface area contributed by atoms with Gasteiger partial charge in [-0.2, -0.15) is 0 Å². The molecule has 1 aromatic rings. The van der Waals surface area contributed by atoms with Crippen molar-refractivity contribution in [3.8, 4) is 5.88 Å². The molecule has 0 spiro atoms. The maximum absolute atomic E-state index is 12.1. The third kappa shape index (κ3) is 2.68. The highest BCUT2D eigenvalue weighted by atomic mass is 16.3. The maximum Gasteiger partial charge on any atom is 0.254 e. The van der Waals surface area contributed by atoms with E-state index in [4.69, 9.17) is 0 Å². The molecule has 0 atom stereocenters. The lowest BCUT2D eigenvalue weighted by Crippen LogP contribution is -2.34. The Balaban J connectivity index is 2.19. The van der Waals surface area contributed by atoms with Crippen LogP contribution in [0.15, 0.2) is 16.9 Å². The molecule has 1 aromatic heterocycles. The van der Waals surface area contributed by atoms with Gasteiger partial charge in [0.1, 0.15) is 0 Å². The minimum absolute atomic E-state index is 0.0981. The third-order valence-electron chi connectivity index (χ3n) is 2.68. The number of hydrogen-bond donors (Lipinski definition) is 3. The molecule has 1 fully saturated rings. The first kappa shape index (κ1) is 12.2. The Bertz CT molecular complexity index is 537. The lowest BCUT2D eigenvalue weighted by molar-refractivity contribution is -0.120. The van der Waals surface area contributed by atoms with Crippen LogP contribution in [0.3, 0.4) is 0 Å². The van der Waals surface area contributed by atoms with E-state index >= 15 is 0 Å². The second-order valence-corrected chi connectivity index (χ2v) is 4.01. The number of aromatic nitrogens is 1. The SMILES string of the molecule is O=C1CCN(C(=O)c2cc(O)[nH]c(=O)c2)CCN1. The Morgan fingerprint density at radius 1 is 1.28 bits per heavy atom. The number of carbonyl (C=O) groups is 2. The summed E-state index contributed by atoms with van der Waals surface area (Å²) in [5.74, 6) is -0.818. The summed E-state index contributed by atoms with van der Waals surface area (Å²) in [6.45, 7) is 1.08. The number of carbonyl (C=O) groups excluding carboxylic acids is 2. The molecule has 0 radical (unpaired) electrons. The quantitative estimate of drug-likeness (QED) is 0.598. The minimum Gasteiger partial charge on any atom is -0.494 e. The van der Waals surface area contributed by atoms with E-state index in [0.717, 1.165) is 6.07 Å². The van der Waals surface area contributed by atoms with Crippen molar-refractivity contribution in [1.29, 1.82) is 0 Å². The third-order valence-corrected chi connectivity index (χ3v) is 2.68. The smallest absolute Gasteiger partial charge is 0.254 e. The van der Waals surface area contributed by atoms with Crippen molar-refractivity contribution >= 4 is 11.8 Å². The molecule has 0 unspecified atom stereocenters. The van der Waals surface area contributed by atoms with Gasteiger partial charge in [-0.05, 0) is 0 Å². The first-order chi connectivity index (χ1) is 8.56. The highest BCUT2D eigenvalue weighted by Crippen LogP contribution is 2.09. The molecule has 1 aliphatic rings. The average molecular weight is 251 g/mol. The molecule has 1 saturated heterocycles. The molecule has 3 N–H and O–H groups in total. The number of hydrogen-bond acceptors (Lipinski definition) is 4. The zero-order valence-electron chi connectivity index (χ0n) is 9.60. The number of nitrogens with one attached hydrogen (secondary N) is 2. The van der Waals surface area contributed by atoms with Crippen LogP contribution in [0, 0.1) is 0 Å². The Labute approximate surface area is 102 Å². The maximum atomic E-state index is 12.1. The van der Waals surface area contributed by atoms with E-state index in [1.165, 1.54) is 11.0 Å². The second-order valence-electron chi connectivity index (χ2n) is 4.01. The summed E-state index contributed by atoms with van der Waals surface area (Å²) >= 11 is 0. The Hall–Kier alpha value is -2.31. The predicted octanol–water partition coefficient (Wildman–Crippen LogP) is -0.957. The largest absolute Gasteiger partial charge is 0.494 e. The number of aromatic amines is 1. The standard InChI is InChI=1S/C11H13N3O4/c15-8-1-3-14(4-2-12-8)11(18)7-5-9(16)13-10(17)6-7/h5-6H,1-4H2,(H,12,15)(H2,13,16,17). The van der Waals surface area contributed by atoms with Crippen LogP contribution in [-0.4, -0.2) is 46.4 Å².